The fraction of sp³-hybridized carbons (Fsp3) is 0.286. The highest BCUT2D eigenvalue weighted by atomic mass is 35.5. The van der Waals surface area contributed by atoms with Crippen LogP contribution >= 0.6 is 11.6 Å². The van der Waals surface area contributed by atoms with Crippen molar-refractivity contribution in [3.05, 3.63) is 53.1 Å². The molecule has 0 aromatic carbocycles. The van der Waals surface area contributed by atoms with Crippen molar-refractivity contribution < 1.29 is 4.74 Å². The number of aromatic nitrogens is 2. The fourth-order valence-electron chi connectivity index (χ4n) is 1.66. The third kappa shape index (κ3) is 3.20. The second-order valence-corrected chi connectivity index (χ2v) is 4.36. The molecule has 4 heteroatoms. The zero-order valence-corrected chi connectivity index (χ0v) is 11.2. The number of halogens is 1. The van der Waals surface area contributed by atoms with Crippen molar-refractivity contribution in [2.75, 3.05) is 0 Å². The van der Waals surface area contributed by atoms with Crippen LogP contribution in [0.2, 0.25) is 0 Å². The molecule has 0 unspecified atom stereocenters. The molecule has 0 amide bonds. The maximum absolute atomic E-state index is 5.85. The molecular weight excluding hydrogens is 248 g/mol. The van der Waals surface area contributed by atoms with Crippen molar-refractivity contribution >= 4 is 11.6 Å². The first-order valence-corrected chi connectivity index (χ1v) is 6.30. The number of hydrogen-bond acceptors (Lipinski definition) is 3. The van der Waals surface area contributed by atoms with Gasteiger partial charge in [0.2, 0.25) is 0 Å². The van der Waals surface area contributed by atoms with E-state index in [2.05, 4.69) is 9.97 Å². The molecule has 0 fully saturated rings. The van der Waals surface area contributed by atoms with E-state index in [0.29, 0.717) is 12.5 Å². The molecule has 2 aromatic rings. The normalized spacial score (nSPS) is 10.4. The van der Waals surface area contributed by atoms with Gasteiger partial charge in [-0.25, -0.2) is 0 Å². The summed E-state index contributed by atoms with van der Waals surface area (Å²) in [5, 5.41) is 0. The maximum Gasteiger partial charge on any atom is 0.142 e. The fourth-order valence-corrected chi connectivity index (χ4v) is 1.85. The minimum absolute atomic E-state index is 0.345. The zero-order valence-electron chi connectivity index (χ0n) is 10.5. The summed E-state index contributed by atoms with van der Waals surface area (Å²) >= 11 is 5.85. The summed E-state index contributed by atoms with van der Waals surface area (Å²) in [5.74, 6) is 1.07. The first-order chi connectivity index (χ1) is 8.69. The molecule has 0 aliphatic rings. The molecule has 0 radical (unpaired) electrons. The van der Waals surface area contributed by atoms with E-state index in [1.54, 1.807) is 0 Å². The minimum atomic E-state index is 0.345. The van der Waals surface area contributed by atoms with Gasteiger partial charge in [-0.05, 0) is 38.1 Å². The van der Waals surface area contributed by atoms with Gasteiger partial charge in [-0.3, -0.25) is 9.97 Å². The quantitative estimate of drug-likeness (QED) is 0.792. The van der Waals surface area contributed by atoms with Crippen LogP contribution in [0.25, 0.3) is 0 Å². The van der Waals surface area contributed by atoms with E-state index in [1.807, 2.05) is 44.2 Å². The van der Waals surface area contributed by atoms with Crippen molar-refractivity contribution in [2.24, 2.45) is 0 Å². The van der Waals surface area contributed by atoms with E-state index in [1.165, 1.54) is 0 Å². The lowest BCUT2D eigenvalue weighted by Gasteiger charge is -2.09. The summed E-state index contributed by atoms with van der Waals surface area (Å²) in [6.45, 7) is 4.32. The number of ether oxygens (including phenoxy) is 1. The van der Waals surface area contributed by atoms with Gasteiger partial charge in [-0.2, -0.15) is 0 Å². The Labute approximate surface area is 112 Å². The van der Waals surface area contributed by atoms with Crippen LogP contribution in [0.3, 0.4) is 0 Å². The Morgan fingerprint density at radius 1 is 1.06 bits per heavy atom. The van der Waals surface area contributed by atoms with Crippen molar-refractivity contribution in [2.45, 2.75) is 26.3 Å². The summed E-state index contributed by atoms with van der Waals surface area (Å²) in [5.41, 5.74) is 3.59. The number of nitrogens with zero attached hydrogens (tertiary/aromatic N) is 2. The molecule has 0 N–H and O–H groups in total. The molecule has 2 aromatic heterocycles. The van der Waals surface area contributed by atoms with E-state index in [0.717, 1.165) is 28.5 Å². The highest BCUT2D eigenvalue weighted by molar-refractivity contribution is 6.17. The molecule has 0 bridgehead atoms. The van der Waals surface area contributed by atoms with E-state index in [-0.39, 0.29) is 0 Å². The van der Waals surface area contributed by atoms with Gasteiger partial charge >= 0.3 is 0 Å². The van der Waals surface area contributed by atoms with Crippen LogP contribution in [0, 0.1) is 13.8 Å². The average Bonchev–Trinajstić information content (AvgIpc) is 2.37. The average molecular weight is 263 g/mol. The standard InChI is InChI=1S/C14H15ClN2O/c1-10-4-3-5-12(16-10)9-18-14-7-6-11(2)17-13(14)8-15/h3-7H,8-9H2,1-2H3. The van der Waals surface area contributed by atoms with Crippen molar-refractivity contribution in [3.8, 4) is 5.75 Å². The molecule has 2 rings (SSSR count). The van der Waals surface area contributed by atoms with E-state index >= 15 is 0 Å². The van der Waals surface area contributed by atoms with E-state index in [9.17, 15) is 0 Å². The van der Waals surface area contributed by atoms with E-state index < -0.39 is 0 Å². The highest BCUT2D eigenvalue weighted by Crippen LogP contribution is 2.19. The molecule has 3 nitrogen and oxygen atoms in total. The first-order valence-electron chi connectivity index (χ1n) is 5.77. The first kappa shape index (κ1) is 12.8. The Kier molecular flexibility index (Phi) is 4.15. The second-order valence-electron chi connectivity index (χ2n) is 4.09. The maximum atomic E-state index is 5.85. The molecule has 0 aliphatic heterocycles. The Bertz CT molecular complexity index is 543. The van der Waals surface area contributed by atoms with Crippen LogP contribution in [0.5, 0.6) is 5.75 Å². The summed E-state index contributed by atoms with van der Waals surface area (Å²) in [6, 6.07) is 9.68. The topological polar surface area (TPSA) is 35.0 Å². The Hall–Kier alpha value is -1.61. The molecule has 0 saturated heterocycles. The summed E-state index contributed by atoms with van der Waals surface area (Å²) in [7, 11) is 0. The predicted molar refractivity (Wildman–Crippen MR) is 71.8 cm³/mol. The third-order valence-corrected chi connectivity index (χ3v) is 2.77. The molecule has 0 spiro atoms. The van der Waals surface area contributed by atoms with Crippen LogP contribution in [0.15, 0.2) is 30.3 Å². The van der Waals surface area contributed by atoms with Crippen LogP contribution in [-0.4, -0.2) is 9.97 Å². The molecule has 2 heterocycles. The molecule has 18 heavy (non-hydrogen) atoms. The number of hydrogen-bond donors (Lipinski definition) is 0. The summed E-state index contributed by atoms with van der Waals surface area (Å²) in [4.78, 5) is 8.73. The van der Waals surface area contributed by atoms with Crippen LogP contribution in [0.4, 0.5) is 0 Å². The third-order valence-electron chi connectivity index (χ3n) is 2.52. The highest BCUT2D eigenvalue weighted by Gasteiger charge is 2.05. The van der Waals surface area contributed by atoms with E-state index in [4.69, 9.17) is 16.3 Å². The van der Waals surface area contributed by atoms with Gasteiger partial charge in [-0.1, -0.05) is 6.07 Å². The van der Waals surface area contributed by atoms with Gasteiger partial charge in [0.05, 0.1) is 17.3 Å². The number of aryl methyl sites for hydroxylation is 2. The monoisotopic (exact) mass is 262 g/mol. The van der Waals surface area contributed by atoms with Gasteiger partial charge in [0.15, 0.2) is 0 Å². The molecule has 0 atom stereocenters. The van der Waals surface area contributed by atoms with Gasteiger partial charge in [-0.15, -0.1) is 11.6 Å². The van der Waals surface area contributed by atoms with Crippen LogP contribution in [0.1, 0.15) is 22.8 Å². The number of pyridine rings is 2. The predicted octanol–water partition coefficient (Wildman–Crippen LogP) is 3.41. The molecule has 94 valence electrons. The number of rotatable bonds is 4. The minimum Gasteiger partial charge on any atom is -0.485 e. The Balaban J connectivity index is 2.10. The van der Waals surface area contributed by atoms with Crippen LogP contribution in [-0.2, 0) is 12.5 Å². The largest absolute Gasteiger partial charge is 0.485 e. The van der Waals surface area contributed by atoms with Gasteiger partial charge < -0.3 is 4.74 Å². The zero-order chi connectivity index (χ0) is 13.0. The smallest absolute Gasteiger partial charge is 0.142 e. The summed E-state index contributed by atoms with van der Waals surface area (Å²) < 4.78 is 5.71. The number of alkyl halides is 1. The summed E-state index contributed by atoms with van der Waals surface area (Å²) in [6.07, 6.45) is 0. The van der Waals surface area contributed by atoms with Gasteiger partial charge in [0, 0.05) is 11.4 Å². The molecular formula is C14H15ClN2O. The van der Waals surface area contributed by atoms with Crippen molar-refractivity contribution in [3.63, 3.8) is 0 Å². The Morgan fingerprint density at radius 3 is 2.56 bits per heavy atom. The lowest BCUT2D eigenvalue weighted by molar-refractivity contribution is 0.297. The lowest BCUT2D eigenvalue weighted by atomic mass is 10.3. The molecule has 0 aliphatic carbocycles. The van der Waals surface area contributed by atoms with Gasteiger partial charge in [0.25, 0.3) is 0 Å². The van der Waals surface area contributed by atoms with Crippen LogP contribution < -0.4 is 4.74 Å². The SMILES string of the molecule is Cc1cccc(COc2ccc(C)nc2CCl)n1. The van der Waals surface area contributed by atoms with Crippen molar-refractivity contribution in [1.82, 2.24) is 9.97 Å². The second kappa shape index (κ2) is 5.83. The van der Waals surface area contributed by atoms with Crippen molar-refractivity contribution in [1.29, 1.82) is 0 Å². The lowest BCUT2D eigenvalue weighted by Crippen LogP contribution is -2.02. The van der Waals surface area contributed by atoms with Gasteiger partial charge in [0.1, 0.15) is 12.4 Å². The molecule has 0 saturated carbocycles. The Morgan fingerprint density at radius 2 is 1.83 bits per heavy atom.